The largest absolute Gasteiger partial charge is 0.351 e. The number of benzene rings is 1. The third-order valence-corrected chi connectivity index (χ3v) is 5.52. The van der Waals surface area contributed by atoms with Gasteiger partial charge in [-0.25, -0.2) is 18.4 Å². The topological polar surface area (TPSA) is 98.9 Å². The number of hydrogen-bond donors (Lipinski definition) is 1. The standard InChI is InChI=1S/C18H21N5O3S/c1-27(25,26)12-17-21-14-4-2-3-5-15(14)23(17)11-18(24)20-13-6-8-22-9-7-19-16(22)10-13/h2-5,7,9,13H,6,8,10-12H2,1H3,(H,20,24). The number of carbonyl (C=O) groups is 1. The summed E-state index contributed by atoms with van der Waals surface area (Å²) in [6.45, 7) is 0.865. The number of fused-ring (bicyclic) bond motifs is 2. The summed E-state index contributed by atoms with van der Waals surface area (Å²) < 4.78 is 27.3. The van der Waals surface area contributed by atoms with E-state index in [-0.39, 0.29) is 24.2 Å². The molecule has 0 saturated carbocycles. The number of aryl methyl sites for hydroxylation is 1. The molecule has 9 heteroatoms. The maximum absolute atomic E-state index is 12.7. The van der Waals surface area contributed by atoms with Gasteiger partial charge in [-0.2, -0.15) is 0 Å². The number of rotatable bonds is 5. The van der Waals surface area contributed by atoms with Crippen LogP contribution in [0.5, 0.6) is 0 Å². The molecule has 27 heavy (non-hydrogen) atoms. The van der Waals surface area contributed by atoms with Crippen LogP contribution >= 0.6 is 0 Å². The SMILES string of the molecule is CS(=O)(=O)Cc1nc2ccccc2n1CC(=O)NC1CCn2ccnc2C1. The van der Waals surface area contributed by atoms with E-state index in [1.165, 1.54) is 6.26 Å². The third kappa shape index (κ3) is 3.87. The van der Waals surface area contributed by atoms with Crippen molar-refractivity contribution in [2.45, 2.75) is 37.7 Å². The molecule has 0 fully saturated rings. The summed E-state index contributed by atoms with van der Waals surface area (Å²) in [4.78, 5) is 21.4. The maximum atomic E-state index is 12.7. The van der Waals surface area contributed by atoms with Gasteiger partial charge in [-0.05, 0) is 18.6 Å². The first-order chi connectivity index (χ1) is 12.9. The lowest BCUT2D eigenvalue weighted by Gasteiger charge is -2.24. The minimum atomic E-state index is -3.26. The van der Waals surface area contributed by atoms with Crippen LogP contribution in [0.15, 0.2) is 36.7 Å². The molecule has 3 heterocycles. The summed E-state index contributed by atoms with van der Waals surface area (Å²) in [5.74, 6) is 0.999. The quantitative estimate of drug-likeness (QED) is 0.702. The van der Waals surface area contributed by atoms with E-state index < -0.39 is 9.84 Å². The number of hydrogen-bond acceptors (Lipinski definition) is 5. The Morgan fingerprint density at radius 1 is 1.33 bits per heavy atom. The lowest BCUT2D eigenvalue weighted by atomic mass is 10.1. The second-order valence-electron chi connectivity index (χ2n) is 6.97. The Balaban J connectivity index is 1.54. The second kappa shape index (κ2) is 6.80. The van der Waals surface area contributed by atoms with E-state index in [9.17, 15) is 13.2 Å². The minimum Gasteiger partial charge on any atom is -0.351 e. The van der Waals surface area contributed by atoms with E-state index in [4.69, 9.17) is 0 Å². The molecule has 8 nitrogen and oxygen atoms in total. The van der Waals surface area contributed by atoms with Crippen LogP contribution in [0.3, 0.4) is 0 Å². The van der Waals surface area contributed by atoms with E-state index in [2.05, 4.69) is 19.9 Å². The number of carbonyl (C=O) groups excluding carboxylic acids is 1. The summed E-state index contributed by atoms with van der Waals surface area (Å²) in [7, 11) is -3.26. The van der Waals surface area contributed by atoms with Crippen LogP contribution < -0.4 is 5.32 Å². The van der Waals surface area contributed by atoms with Crippen LogP contribution in [0.1, 0.15) is 18.1 Å². The second-order valence-corrected chi connectivity index (χ2v) is 9.11. The first kappa shape index (κ1) is 17.7. The maximum Gasteiger partial charge on any atom is 0.240 e. The molecule has 4 rings (SSSR count). The molecule has 0 saturated heterocycles. The van der Waals surface area contributed by atoms with Gasteiger partial charge in [0.05, 0.1) is 11.0 Å². The predicted molar refractivity (Wildman–Crippen MR) is 101 cm³/mol. The van der Waals surface area contributed by atoms with Crippen molar-refractivity contribution < 1.29 is 13.2 Å². The smallest absolute Gasteiger partial charge is 0.240 e. The monoisotopic (exact) mass is 387 g/mol. The molecular formula is C18H21N5O3S. The fraction of sp³-hybridized carbons (Fsp3) is 0.389. The molecule has 1 aliphatic heterocycles. The first-order valence-corrected chi connectivity index (χ1v) is 10.9. The van der Waals surface area contributed by atoms with Gasteiger partial charge in [0.2, 0.25) is 5.91 Å². The zero-order valence-corrected chi connectivity index (χ0v) is 15.8. The molecular weight excluding hydrogens is 366 g/mol. The number of imidazole rings is 2. The molecule has 2 aromatic heterocycles. The van der Waals surface area contributed by atoms with Crippen LogP contribution in [-0.2, 0) is 39.9 Å². The van der Waals surface area contributed by atoms with Crippen molar-refractivity contribution in [1.29, 1.82) is 0 Å². The Hall–Kier alpha value is -2.68. The fourth-order valence-electron chi connectivity index (χ4n) is 3.54. The Bertz CT molecular complexity index is 1100. The van der Waals surface area contributed by atoms with Crippen LogP contribution in [0.25, 0.3) is 11.0 Å². The average molecular weight is 387 g/mol. The van der Waals surface area contributed by atoms with Gasteiger partial charge in [-0.15, -0.1) is 0 Å². The molecule has 0 aliphatic carbocycles. The highest BCUT2D eigenvalue weighted by Crippen LogP contribution is 2.18. The molecule has 1 aliphatic rings. The van der Waals surface area contributed by atoms with E-state index in [1.54, 1.807) is 10.8 Å². The number of aromatic nitrogens is 4. The lowest BCUT2D eigenvalue weighted by molar-refractivity contribution is -0.122. The van der Waals surface area contributed by atoms with E-state index in [0.717, 1.165) is 24.3 Å². The molecule has 0 spiro atoms. The van der Waals surface area contributed by atoms with E-state index >= 15 is 0 Å². The molecule has 0 bridgehead atoms. The summed E-state index contributed by atoms with van der Waals surface area (Å²) >= 11 is 0. The molecule has 142 valence electrons. The van der Waals surface area contributed by atoms with Crippen molar-refractivity contribution in [3.05, 3.63) is 48.3 Å². The van der Waals surface area contributed by atoms with Crippen LogP contribution in [0.4, 0.5) is 0 Å². The van der Waals surface area contributed by atoms with Crippen molar-refractivity contribution >= 4 is 26.8 Å². The normalized spacial score (nSPS) is 17.0. The van der Waals surface area contributed by atoms with Crippen LogP contribution in [-0.4, -0.2) is 45.7 Å². The number of sulfone groups is 1. The molecule has 1 amide bonds. The number of nitrogens with one attached hydrogen (secondary N) is 1. The Morgan fingerprint density at radius 3 is 2.96 bits per heavy atom. The molecule has 1 atom stereocenters. The zero-order chi connectivity index (χ0) is 19.0. The molecule has 0 radical (unpaired) electrons. The Kier molecular flexibility index (Phi) is 4.47. The van der Waals surface area contributed by atoms with Gasteiger partial charge in [0.25, 0.3) is 0 Å². The van der Waals surface area contributed by atoms with Gasteiger partial charge >= 0.3 is 0 Å². The number of amides is 1. The van der Waals surface area contributed by atoms with Crippen molar-refractivity contribution in [2.75, 3.05) is 6.26 Å². The van der Waals surface area contributed by atoms with Crippen molar-refractivity contribution in [3.8, 4) is 0 Å². The highest BCUT2D eigenvalue weighted by atomic mass is 32.2. The zero-order valence-electron chi connectivity index (χ0n) is 15.0. The van der Waals surface area contributed by atoms with Gasteiger partial charge < -0.3 is 14.5 Å². The van der Waals surface area contributed by atoms with E-state index in [0.29, 0.717) is 17.8 Å². The van der Waals surface area contributed by atoms with E-state index in [1.807, 2.05) is 30.5 Å². The van der Waals surface area contributed by atoms with Gasteiger partial charge in [0.1, 0.15) is 23.9 Å². The first-order valence-electron chi connectivity index (χ1n) is 8.80. The summed E-state index contributed by atoms with van der Waals surface area (Å²) in [5, 5.41) is 3.05. The van der Waals surface area contributed by atoms with Crippen molar-refractivity contribution in [1.82, 2.24) is 24.4 Å². The highest BCUT2D eigenvalue weighted by molar-refractivity contribution is 7.89. The number of nitrogens with zero attached hydrogens (tertiary/aromatic N) is 4. The third-order valence-electron chi connectivity index (χ3n) is 4.74. The number of para-hydroxylation sites is 2. The highest BCUT2D eigenvalue weighted by Gasteiger charge is 2.22. The van der Waals surface area contributed by atoms with Crippen LogP contribution in [0.2, 0.25) is 0 Å². The summed E-state index contributed by atoms with van der Waals surface area (Å²) in [6, 6.07) is 7.38. The van der Waals surface area contributed by atoms with Gasteiger partial charge in [0.15, 0.2) is 9.84 Å². The fourth-order valence-corrected chi connectivity index (χ4v) is 4.23. The Morgan fingerprint density at radius 2 is 2.15 bits per heavy atom. The minimum absolute atomic E-state index is 0.0283. The van der Waals surface area contributed by atoms with Gasteiger partial charge in [0, 0.05) is 37.7 Å². The van der Waals surface area contributed by atoms with Crippen LogP contribution in [0, 0.1) is 0 Å². The van der Waals surface area contributed by atoms with Gasteiger partial charge in [-0.1, -0.05) is 12.1 Å². The Labute approximate surface area is 157 Å². The average Bonchev–Trinajstić information content (AvgIpc) is 3.18. The summed E-state index contributed by atoms with van der Waals surface area (Å²) in [6.07, 6.45) is 6.42. The molecule has 1 aromatic carbocycles. The summed E-state index contributed by atoms with van der Waals surface area (Å²) in [5.41, 5.74) is 1.44. The molecule has 3 aromatic rings. The predicted octanol–water partition coefficient (Wildman–Crippen LogP) is 0.909. The van der Waals surface area contributed by atoms with Gasteiger partial charge in [-0.3, -0.25) is 4.79 Å². The van der Waals surface area contributed by atoms with Crippen molar-refractivity contribution in [3.63, 3.8) is 0 Å². The lowest BCUT2D eigenvalue weighted by Crippen LogP contribution is -2.41. The van der Waals surface area contributed by atoms with Crippen molar-refractivity contribution in [2.24, 2.45) is 0 Å². The molecule has 1 unspecified atom stereocenters. The molecule has 1 N–H and O–H groups in total.